The SMILES string of the molecule is Cc1cccc(NC(=O)Cn2ccc(CNC3CC3)c2)c1. The number of amides is 1. The van der Waals surface area contributed by atoms with Crippen molar-refractivity contribution in [2.75, 3.05) is 5.32 Å². The van der Waals surface area contributed by atoms with Crippen molar-refractivity contribution >= 4 is 11.6 Å². The fourth-order valence-corrected chi connectivity index (χ4v) is 2.33. The highest BCUT2D eigenvalue weighted by molar-refractivity contribution is 5.90. The number of hydrogen-bond donors (Lipinski definition) is 2. The molecule has 1 saturated carbocycles. The van der Waals surface area contributed by atoms with E-state index in [1.54, 1.807) is 0 Å². The molecule has 1 aliphatic carbocycles. The number of aryl methyl sites for hydroxylation is 1. The Morgan fingerprint density at radius 3 is 2.95 bits per heavy atom. The van der Waals surface area contributed by atoms with E-state index >= 15 is 0 Å². The van der Waals surface area contributed by atoms with Crippen LogP contribution < -0.4 is 10.6 Å². The van der Waals surface area contributed by atoms with E-state index in [1.807, 2.05) is 48.1 Å². The van der Waals surface area contributed by atoms with E-state index in [0.29, 0.717) is 12.6 Å². The van der Waals surface area contributed by atoms with Crippen LogP contribution >= 0.6 is 0 Å². The second-order valence-electron chi connectivity index (χ2n) is 5.76. The predicted molar refractivity (Wildman–Crippen MR) is 84.1 cm³/mol. The first-order valence-corrected chi connectivity index (χ1v) is 7.43. The Kier molecular flexibility index (Phi) is 4.06. The van der Waals surface area contributed by atoms with Crippen LogP contribution in [0.1, 0.15) is 24.0 Å². The Morgan fingerprint density at radius 2 is 2.19 bits per heavy atom. The zero-order chi connectivity index (χ0) is 14.7. The largest absolute Gasteiger partial charge is 0.345 e. The average molecular weight is 283 g/mol. The number of nitrogens with zero attached hydrogens (tertiary/aromatic N) is 1. The minimum Gasteiger partial charge on any atom is -0.345 e. The maximum atomic E-state index is 12.0. The second-order valence-corrected chi connectivity index (χ2v) is 5.76. The van der Waals surface area contributed by atoms with Gasteiger partial charge in [0, 0.05) is 30.7 Å². The lowest BCUT2D eigenvalue weighted by molar-refractivity contribution is -0.116. The molecule has 0 atom stereocenters. The molecule has 0 spiro atoms. The minimum atomic E-state index is -0.00194. The van der Waals surface area contributed by atoms with Gasteiger partial charge in [-0.2, -0.15) is 0 Å². The van der Waals surface area contributed by atoms with Crippen LogP contribution in [0, 0.1) is 6.92 Å². The van der Waals surface area contributed by atoms with Gasteiger partial charge in [-0.15, -0.1) is 0 Å². The molecule has 1 aromatic carbocycles. The molecule has 2 aromatic rings. The van der Waals surface area contributed by atoms with E-state index in [4.69, 9.17) is 0 Å². The molecule has 0 unspecified atom stereocenters. The van der Waals surface area contributed by atoms with E-state index in [2.05, 4.69) is 16.7 Å². The van der Waals surface area contributed by atoms with Gasteiger partial charge in [0.05, 0.1) is 0 Å². The third-order valence-electron chi connectivity index (χ3n) is 3.61. The third-order valence-corrected chi connectivity index (χ3v) is 3.61. The standard InChI is InChI=1S/C17H21N3O/c1-13-3-2-4-16(9-13)19-17(21)12-20-8-7-14(11-20)10-18-15-5-6-15/h2-4,7-9,11,15,18H,5-6,10,12H2,1H3,(H,19,21). The van der Waals surface area contributed by atoms with E-state index in [9.17, 15) is 4.79 Å². The molecule has 1 aromatic heterocycles. The molecule has 3 rings (SSSR count). The number of rotatable bonds is 6. The van der Waals surface area contributed by atoms with Crippen LogP contribution in [0.5, 0.6) is 0 Å². The second kappa shape index (κ2) is 6.14. The summed E-state index contributed by atoms with van der Waals surface area (Å²) >= 11 is 0. The summed E-state index contributed by atoms with van der Waals surface area (Å²) in [6, 6.07) is 10.6. The summed E-state index contributed by atoms with van der Waals surface area (Å²) in [5, 5.41) is 6.40. The molecular weight excluding hydrogens is 262 g/mol. The molecule has 4 nitrogen and oxygen atoms in total. The van der Waals surface area contributed by atoms with Gasteiger partial charge in [-0.1, -0.05) is 12.1 Å². The van der Waals surface area contributed by atoms with Gasteiger partial charge in [-0.05, 0) is 49.1 Å². The molecule has 0 radical (unpaired) electrons. The summed E-state index contributed by atoms with van der Waals surface area (Å²) in [6.07, 6.45) is 6.57. The van der Waals surface area contributed by atoms with Crippen molar-refractivity contribution in [1.82, 2.24) is 9.88 Å². The molecular formula is C17H21N3O. The number of nitrogens with one attached hydrogen (secondary N) is 2. The quantitative estimate of drug-likeness (QED) is 0.856. The lowest BCUT2D eigenvalue weighted by atomic mass is 10.2. The number of aromatic nitrogens is 1. The van der Waals surface area contributed by atoms with Gasteiger partial charge in [-0.3, -0.25) is 4.79 Å². The lowest BCUT2D eigenvalue weighted by Gasteiger charge is -2.07. The predicted octanol–water partition coefficient (Wildman–Crippen LogP) is 2.69. The Balaban J connectivity index is 1.51. The zero-order valence-electron chi connectivity index (χ0n) is 12.3. The highest BCUT2D eigenvalue weighted by Gasteiger charge is 2.20. The molecule has 21 heavy (non-hydrogen) atoms. The molecule has 110 valence electrons. The lowest BCUT2D eigenvalue weighted by Crippen LogP contribution is -2.18. The average Bonchev–Trinajstić information content (AvgIpc) is 3.17. The summed E-state index contributed by atoms with van der Waals surface area (Å²) in [7, 11) is 0. The summed E-state index contributed by atoms with van der Waals surface area (Å²) in [4.78, 5) is 12.0. The van der Waals surface area contributed by atoms with Gasteiger partial charge in [0.15, 0.2) is 0 Å². The number of hydrogen-bond acceptors (Lipinski definition) is 2. The molecule has 1 aliphatic rings. The molecule has 0 saturated heterocycles. The first kappa shape index (κ1) is 13.9. The number of carbonyl (C=O) groups is 1. The highest BCUT2D eigenvalue weighted by atomic mass is 16.1. The van der Waals surface area contributed by atoms with Crippen LogP contribution in [0.15, 0.2) is 42.7 Å². The van der Waals surface area contributed by atoms with E-state index in [0.717, 1.165) is 17.8 Å². The molecule has 2 N–H and O–H groups in total. The molecule has 0 bridgehead atoms. The number of benzene rings is 1. The first-order valence-electron chi connectivity index (χ1n) is 7.43. The van der Waals surface area contributed by atoms with Crippen molar-refractivity contribution in [3.05, 3.63) is 53.9 Å². The Hall–Kier alpha value is -2.07. The van der Waals surface area contributed by atoms with Crippen molar-refractivity contribution in [2.45, 2.75) is 38.9 Å². The summed E-state index contributed by atoms with van der Waals surface area (Å²) in [5.74, 6) is -0.00194. The van der Waals surface area contributed by atoms with E-state index in [1.165, 1.54) is 18.4 Å². The van der Waals surface area contributed by atoms with Crippen LogP contribution in [0.4, 0.5) is 5.69 Å². The van der Waals surface area contributed by atoms with Gasteiger partial charge in [-0.25, -0.2) is 0 Å². The maximum Gasteiger partial charge on any atom is 0.244 e. The fourth-order valence-electron chi connectivity index (χ4n) is 2.33. The molecule has 1 amide bonds. The Labute approximate surface area is 125 Å². The molecule has 1 heterocycles. The van der Waals surface area contributed by atoms with Crippen LogP contribution in [0.25, 0.3) is 0 Å². The molecule has 0 aliphatic heterocycles. The minimum absolute atomic E-state index is 0.00194. The van der Waals surface area contributed by atoms with Gasteiger partial charge in [0.25, 0.3) is 0 Å². The topological polar surface area (TPSA) is 46.1 Å². The van der Waals surface area contributed by atoms with Crippen molar-refractivity contribution in [3.8, 4) is 0 Å². The van der Waals surface area contributed by atoms with Crippen molar-refractivity contribution in [1.29, 1.82) is 0 Å². The van der Waals surface area contributed by atoms with Gasteiger partial charge in [0.1, 0.15) is 6.54 Å². The van der Waals surface area contributed by atoms with E-state index < -0.39 is 0 Å². The summed E-state index contributed by atoms with van der Waals surface area (Å²) < 4.78 is 1.93. The monoisotopic (exact) mass is 283 g/mol. The van der Waals surface area contributed by atoms with Crippen molar-refractivity contribution in [2.24, 2.45) is 0 Å². The summed E-state index contributed by atoms with van der Waals surface area (Å²) in [5.41, 5.74) is 3.22. The van der Waals surface area contributed by atoms with Crippen molar-refractivity contribution in [3.63, 3.8) is 0 Å². The van der Waals surface area contributed by atoms with Crippen LogP contribution in [-0.4, -0.2) is 16.5 Å². The molecule has 1 fully saturated rings. The maximum absolute atomic E-state index is 12.0. The zero-order valence-corrected chi connectivity index (χ0v) is 12.3. The normalized spacial score (nSPS) is 14.1. The third kappa shape index (κ3) is 4.20. The van der Waals surface area contributed by atoms with Crippen LogP contribution in [0.3, 0.4) is 0 Å². The first-order chi connectivity index (χ1) is 10.2. The highest BCUT2D eigenvalue weighted by Crippen LogP contribution is 2.19. The van der Waals surface area contributed by atoms with Gasteiger partial charge in [0.2, 0.25) is 5.91 Å². The van der Waals surface area contributed by atoms with Crippen molar-refractivity contribution < 1.29 is 4.79 Å². The molecule has 4 heteroatoms. The Bertz CT molecular complexity index is 628. The Morgan fingerprint density at radius 1 is 1.33 bits per heavy atom. The summed E-state index contributed by atoms with van der Waals surface area (Å²) in [6.45, 7) is 3.25. The van der Waals surface area contributed by atoms with E-state index in [-0.39, 0.29) is 5.91 Å². The number of carbonyl (C=O) groups excluding carboxylic acids is 1. The van der Waals surface area contributed by atoms with Crippen LogP contribution in [-0.2, 0) is 17.9 Å². The van der Waals surface area contributed by atoms with Crippen LogP contribution in [0.2, 0.25) is 0 Å². The fraction of sp³-hybridized carbons (Fsp3) is 0.353. The van der Waals surface area contributed by atoms with Gasteiger partial charge < -0.3 is 15.2 Å². The van der Waals surface area contributed by atoms with Gasteiger partial charge >= 0.3 is 0 Å². The number of anilines is 1. The smallest absolute Gasteiger partial charge is 0.244 e.